The number of aryl methyl sites for hydroxylation is 1. The minimum absolute atomic E-state index is 0.911. The molecule has 0 spiro atoms. The first-order valence-corrected chi connectivity index (χ1v) is 11.6. The summed E-state index contributed by atoms with van der Waals surface area (Å²) in [5, 5.41) is 6.00. The second-order valence-corrected chi connectivity index (χ2v) is 9.05. The van der Waals surface area contributed by atoms with E-state index in [9.17, 15) is 0 Å². The molecule has 0 atom stereocenters. The second-order valence-electron chi connectivity index (χ2n) is 9.05. The van der Waals surface area contributed by atoms with Gasteiger partial charge in [0.15, 0.2) is 0 Å². The number of nitrogens with one attached hydrogen (secondary N) is 1. The number of aromatic nitrogens is 1. The fourth-order valence-corrected chi connectivity index (χ4v) is 5.19. The zero-order valence-corrected chi connectivity index (χ0v) is 19.0. The van der Waals surface area contributed by atoms with Crippen LogP contribution >= 0.6 is 0 Å². The molecule has 1 N–H and O–H groups in total. The Balaban J connectivity index is 1.62. The van der Waals surface area contributed by atoms with Crippen molar-refractivity contribution in [1.82, 2.24) is 4.98 Å². The molecule has 2 aromatic heterocycles. The number of rotatable bonds is 1. The van der Waals surface area contributed by atoms with E-state index in [1.807, 2.05) is 18.3 Å². The minimum Gasteiger partial charge on any atom is -0.455 e. The summed E-state index contributed by atoms with van der Waals surface area (Å²) in [5.74, 6) is 0. The number of anilines is 2. The molecular weight excluding hydrogens is 416 g/mol. The topological polar surface area (TPSA) is 38.1 Å². The van der Waals surface area contributed by atoms with Crippen LogP contribution in [0.5, 0.6) is 0 Å². The Morgan fingerprint density at radius 1 is 0.706 bits per heavy atom. The molecule has 34 heavy (non-hydrogen) atoms. The van der Waals surface area contributed by atoms with Crippen LogP contribution in [0.4, 0.5) is 11.4 Å². The van der Waals surface area contributed by atoms with E-state index >= 15 is 0 Å². The summed E-state index contributed by atoms with van der Waals surface area (Å²) >= 11 is 0. The number of hydrogen-bond acceptors (Lipinski definition) is 3. The summed E-state index contributed by atoms with van der Waals surface area (Å²) in [4.78, 5) is 4.68. The maximum absolute atomic E-state index is 6.50. The van der Waals surface area contributed by atoms with E-state index in [0.29, 0.717) is 0 Å². The van der Waals surface area contributed by atoms with Gasteiger partial charge in [0.2, 0.25) is 0 Å². The van der Waals surface area contributed by atoms with Gasteiger partial charge in [0.05, 0.1) is 5.69 Å². The van der Waals surface area contributed by atoms with Gasteiger partial charge in [0, 0.05) is 50.6 Å². The summed E-state index contributed by atoms with van der Waals surface area (Å²) in [6.07, 6.45) is 1.92. The number of nitrogens with zero attached hydrogens (tertiary/aromatic N) is 1. The Hall–Kier alpha value is -4.37. The van der Waals surface area contributed by atoms with Crippen LogP contribution in [0.3, 0.4) is 0 Å². The first-order valence-electron chi connectivity index (χ1n) is 11.6. The van der Waals surface area contributed by atoms with Crippen molar-refractivity contribution in [3.8, 4) is 33.5 Å². The first-order chi connectivity index (χ1) is 16.7. The molecule has 0 unspecified atom stereocenters. The smallest absolute Gasteiger partial charge is 0.143 e. The van der Waals surface area contributed by atoms with Crippen molar-refractivity contribution in [3.63, 3.8) is 0 Å². The summed E-state index contributed by atoms with van der Waals surface area (Å²) < 4.78 is 6.50. The van der Waals surface area contributed by atoms with Crippen molar-refractivity contribution >= 4 is 33.3 Å². The molecule has 0 amide bonds. The van der Waals surface area contributed by atoms with Gasteiger partial charge in [-0.25, -0.2) is 0 Å². The number of pyridine rings is 1. The molecule has 1 aliphatic rings. The fourth-order valence-electron chi connectivity index (χ4n) is 5.19. The lowest BCUT2D eigenvalue weighted by Gasteiger charge is -2.23. The van der Waals surface area contributed by atoms with Gasteiger partial charge in [-0.3, -0.25) is 4.98 Å². The first kappa shape index (κ1) is 19.1. The average Bonchev–Trinajstić information content (AvgIpc) is 3.23. The van der Waals surface area contributed by atoms with E-state index in [1.165, 1.54) is 16.7 Å². The minimum atomic E-state index is 0.911. The van der Waals surface area contributed by atoms with E-state index < -0.39 is 0 Å². The third kappa shape index (κ3) is 2.74. The van der Waals surface area contributed by atoms with E-state index in [4.69, 9.17) is 4.42 Å². The summed E-state index contributed by atoms with van der Waals surface area (Å²) in [5.41, 5.74) is 13.1. The highest BCUT2D eigenvalue weighted by molar-refractivity contribution is 6.14. The van der Waals surface area contributed by atoms with Gasteiger partial charge in [0.1, 0.15) is 11.2 Å². The Morgan fingerprint density at radius 3 is 2.41 bits per heavy atom. The Labute approximate surface area is 197 Å². The van der Waals surface area contributed by atoms with Crippen molar-refractivity contribution in [3.05, 3.63) is 102 Å². The number of benzene rings is 4. The molecular formula is C31H22N2O. The van der Waals surface area contributed by atoms with E-state index in [1.54, 1.807) is 0 Å². The van der Waals surface area contributed by atoms with Crippen molar-refractivity contribution in [2.45, 2.75) is 13.8 Å². The van der Waals surface area contributed by atoms with Crippen LogP contribution in [0.25, 0.3) is 55.4 Å². The molecule has 3 heteroatoms. The zero-order chi connectivity index (χ0) is 22.8. The van der Waals surface area contributed by atoms with Crippen molar-refractivity contribution in [2.24, 2.45) is 0 Å². The van der Waals surface area contributed by atoms with Gasteiger partial charge >= 0.3 is 0 Å². The number of furan rings is 1. The normalized spacial score (nSPS) is 12.1. The lowest BCUT2D eigenvalue weighted by atomic mass is 9.86. The predicted molar refractivity (Wildman–Crippen MR) is 141 cm³/mol. The Kier molecular flexibility index (Phi) is 3.97. The summed E-state index contributed by atoms with van der Waals surface area (Å²) in [6.45, 7) is 4.27. The van der Waals surface area contributed by atoms with Crippen LogP contribution in [0, 0.1) is 13.8 Å². The third-order valence-electron chi connectivity index (χ3n) is 6.91. The Morgan fingerprint density at radius 2 is 1.53 bits per heavy atom. The van der Waals surface area contributed by atoms with Gasteiger partial charge in [-0.05, 0) is 66.9 Å². The van der Waals surface area contributed by atoms with E-state index in [-0.39, 0.29) is 0 Å². The highest BCUT2D eigenvalue weighted by atomic mass is 16.3. The monoisotopic (exact) mass is 438 g/mol. The van der Waals surface area contributed by atoms with Crippen LogP contribution < -0.4 is 5.32 Å². The van der Waals surface area contributed by atoms with Crippen LogP contribution in [-0.4, -0.2) is 4.98 Å². The predicted octanol–water partition coefficient (Wildman–Crippen LogP) is 8.66. The standard InChI is InChI=1S/C31H22N2O/c1-18-11-13-26(32-17-18)20-12-14-28-25(15-20)30-19(2)23(21-7-3-5-9-27(21)33-28)16-24-22-8-4-6-10-29(22)34-31(24)30/h3-17,33H,1-2H3. The Bertz CT molecular complexity index is 1740. The van der Waals surface area contributed by atoms with E-state index in [2.05, 4.69) is 96.9 Å². The highest BCUT2D eigenvalue weighted by Crippen LogP contribution is 2.48. The maximum Gasteiger partial charge on any atom is 0.143 e. The fraction of sp³-hybridized carbons (Fsp3) is 0.0645. The summed E-state index contributed by atoms with van der Waals surface area (Å²) in [7, 11) is 0. The van der Waals surface area contributed by atoms with Crippen LogP contribution in [-0.2, 0) is 0 Å². The van der Waals surface area contributed by atoms with Crippen molar-refractivity contribution in [2.75, 3.05) is 5.32 Å². The average molecular weight is 439 g/mol. The van der Waals surface area contributed by atoms with Gasteiger partial charge < -0.3 is 9.73 Å². The SMILES string of the molecule is Cc1ccc(-c2ccc3c(c2)-c2c(C)c(cc4c2oc2ccccc24)-c2ccccc2N3)nc1. The largest absolute Gasteiger partial charge is 0.455 e. The molecule has 0 saturated carbocycles. The number of fused-ring (bicyclic) bond motifs is 10. The molecule has 7 rings (SSSR count). The van der Waals surface area contributed by atoms with Crippen molar-refractivity contribution < 1.29 is 4.42 Å². The molecule has 1 aliphatic heterocycles. The molecule has 0 radical (unpaired) electrons. The van der Waals surface area contributed by atoms with Gasteiger partial charge in [-0.2, -0.15) is 0 Å². The van der Waals surface area contributed by atoms with Crippen LogP contribution in [0.1, 0.15) is 11.1 Å². The van der Waals surface area contributed by atoms with E-state index in [0.717, 1.165) is 61.3 Å². The maximum atomic E-state index is 6.50. The number of para-hydroxylation sites is 2. The quantitative estimate of drug-likeness (QED) is 0.279. The van der Waals surface area contributed by atoms with Gasteiger partial charge in [0.25, 0.3) is 0 Å². The molecule has 0 fully saturated rings. The summed E-state index contributed by atoms with van der Waals surface area (Å²) in [6, 6.07) is 29.9. The molecule has 162 valence electrons. The van der Waals surface area contributed by atoms with Crippen LogP contribution in [0.15, 0.2) is 95.5 Å². The third-order valence-corrected chi connectivity index (χ3v) is 6.91. The van der Waals surface area contributed by atoms with Crippen molar-refractivity contribution in [1.29, 1.82) is 0 Å². The molecule has 3 nitrogen and oxygen atoms in total. The molecule has 2 bridgehead atoms. The zero-order valence-electron chi connectivity index (χ0n) is 19.0. The second kappa shape index (κ2) is 7.06. The number of hydrogen-bond donors (Lipinski definition) is 1. The molecule has 4 aromatic carbocycles. The lowest BCUT2D eigenvalue weighted by Crippen LogP contribution is -2.02. The van der Waals surface area contributed by atoms with Gasteiger partial charge in [-0.1, -0.05) is 48.5 Å². The molecule has 0 saturated heterocycles. The molecule has 3 heterocycles. The highest BCUT2D eigenvalue weighted by Gasteiger charge is 2.24. The molecule has 6 aromatic rings. The lowest BCUT2D eigenvalue weighted by molar-refractivity contribution is 0.669. The van der Waals surface area contributed by atoms with Gasteiger partial charge in [-0.15, -0.1) is 0 Å². The molecule has 0 aliphatic carbocycles. The van der Waals surface area contributed by atoms with Crippen LogP contribution in [0.2, 0.25) is 0 Å².